The minimum absolute atomic E-state index is 0.0824. The largest absolute Gasteiger partial charge is 0.416 e. The second-order valence-electron chi connectivity index (χ2n) is 12.4. The van der Waals surface area contributed by atoms with Gasteiger partial charge >= 0.3 is 0 Å². The van der Waals surface area contributed by atoms with Crippen LogP contribution in [0.2, 0.25) is 33.3 Å². The first-order valence-corrected chi connectivity index (χ1v) is 17.4. The Hall–Kier alpha value is -1.27. The SMILES string of the molecule is CC1(C)O[C@@H]2[C@H](O1)C([C@H](O)c1cc(Cl)c(Cl)cc1CCO[Si](C)(C)C(C)(C)C)O[C@H]2n1ccc2c(Cl)ncnc21. The minimum atomic E-state index is -1.96. The molecule has 0 aliphatic carbocycles. The number of benzene rings is 1. The molecule has 218 valence electrons. The summed E-state index contributed by atoms with van der Waals surface area (Å²) in [5.74, 6) is -0.873. The third kappa shape index (κ3) is 5.57. The summed E-state index contributed by atoms with van der Waals surface area (Å²) in [6.07, 6.45) is 0.269. The molecule has 2 aromatic heterocycles. The molecule has 0 radical (unpaired) electrons. The molecule has 0 saturated carbocycles. The molecule has 2 fully saturated rings. The predicted molar refractivity (Wildman–Crippen MR) is 159 cm³/mol. The highest BCUT2D eigenvalue weighted by Crippen LogP contribution is 2.48. The Kier molecular flexibility index (Phi) is 8.13. The summed E-state index contributed by atoms with van der Waals surface area (Å²) in [7, 11) is -1.96. The van der Waals surface area contributed by atoms with Crippen molar-refractivity contribution in [1.29, 1.82) is 0 Å². The van der Waals surface area contributed by atoms with Crippen LogP contribution in [0.15, 0.2) is 30.7 Å². The highest BCUT2D eigenvalue weighted by atomic mass is 35.5. The average Bonchev–Trinajstić information content (AvgIpc) is 3.51. The highest BCUT2D eigenvalue weighted by Gasteiger charge is 2.58. The number of aromatic nitrogens is 3. The summed E-state index contributed by atoms with van der Waals surface area (Å²) in [5, 5.41) is 13.7. The summed E-state index contributed by atoms with van der Waals surface area (Å²) in [6, 6.07) is 5.34. The molecular formula is C28H36Cl3N3O5Si. The molecule has 0 bridgehead atoms. The van der Waals surface area contributed by atoms with Crippen LogP contribution in [-0.2, 0) is 25.1 Å². The van der Waals surface area contributed by atoms with Gasteiger partial charge in [-0.15, -0.1) is 0 Å². The van der Waals surface area contributed by atoms with Gasteiger partial charge in [-0.3, -0.25) is 0 Å². The van der Waals surface area contributed by atoms with E-state index in [1.807, 2.05) is 30.7 Å². The van der Waals surface area contributed by atoms with E-state index in [2.05, 4.69) is 43.8 Å². The van der Waals surface area contributed by atoms with E-state index >= 15 is 0 Å². The second-order valence-corrected chi connectivity index (χ2v) is 18.4. The van der Waals surface area contributed by atoms with E-state index < -0.39 is 44.7 Å². The number of hydrogen-bond acceptors (Lipinski definition) is 7. The fourth-order valence-electron chi connectivity index (χ4n) is 5.14. The van der Waals surface area contributed by atoms with Crippen LogP contribution >= 0.6 is 34.8 Å². The standard InChI is InChI=1S/C28H36Cl3N3O5Si/c1-27(2,3)40(6,7)36-11-9-15-12-18(29)19(30)13-17(15)20(35)21-22-23(39-28(4,5)38-22)26(37-21)34-10-8-16-24(31)32-14-33-25(16)34/h8,10,12-14,20-23,26,35H,9,11H2,1-7H3/t20-,21?,22-,23-,26-/m1/s1. The number of hydrogen-bond donors (Lipinski definition) is 1. The van der Waals surface area contributed by atoms with Crippen LogP contribution in [0.3, 0.4) is 0 Å². The molecule has 2 aliphatic rings. The zero-order valence-electron chi connectivity index (χ0n) is 23.7. The molecular weight excluding hydrogens is 593 g/mol. The molecule has 1 N–H and O–H groups in total. The zero-order chi connectivity index (χ0) is 29.2. The van der Waals surface area contributed by atoms with Gasteiger partial charge < -0.3 is 28.3 Å². The van der Waals surface area contributed by atoms with Crippen molar-refractivity contribution in [2.45, 2.75) is 95.6 Å². The van der Waals surface area contributed by atoms with Gasteiger partial charge in [0.05, 0.1) is 15.4 Å². The maximum Gasteiger partial charge on any atom is 0.191 e. The lowest BCUT2D eigenvalue weighted by Crippen LogP contribution is -2.41. The van der Waals surface area contributed by atoms with Crippen molar-refractivity contribution in [3.63, 3.8) is 0 Å². The van der Waals surface area contributed by atoms with Gasteiger partial charge in [-0.1, -0.05) is 55.6 Å². The second kappa shape index (κ2) is 10.8. The van der Waals surface area contributed by atoms with Crippen molar-refractivity contribution in [1.82, 2.24) is 14.5 Å². The van der Waals surface area contributed by atoms with Crippen LogP contribution in [0.1, 0.15) is 58.1 Å². The molecule has 8 nitrogen and oxygen atoms in total. The number of rotatable bonds is 7. The Morgan fingerprint density at radius 1 is 1.10 bits per heavy atom. The van der Waals surface area contributed by atoms with Gasteiger partial charge in [0.25, 0.3) is 0 Å². The smallest absolute Gasteiger partial charge is 0.191 e. The molecule has 12 heteroatoms. The van der Waals surface area contributed by atoms with Gasteiger partial charge in [-0.2, -0.15) is 0 Å². The molecule has 2 aliphatic heterocycles. The van der Waals surface area contributed by atoms with Crippen LogP contribution < -0.4 is 0 Å². The Labute approximate surface area is 251 Å². The third-order valence-electron chi connectivity index (χ3n) is 8.25. The maximum atomic E-state index is 11.8. The minimum Gasteiger partial charge on any atom is -0.416 e. The topological polar surface area (TPSA) is 87.9 Å². The highest BCUT2D eigenvalue weighted by molar-refractivity contribution is 6.74. The Morgan fingerprint density at radius 2 is 1.77 bits per heavy atom. The van der Waals surface area contributed by atoms with Gasteiger partial charge in [0, 0.05) is 12.8 Å². The van der Waals surface area contributed by atoms with Gasteiger partial charge in [-0.05, 0) is 67.7 Å². The fraction of sp³-hybridized carbons (Fsp3) is 0.571. The first-order chi connectivity index (χ1) is 18.6. The molecule has 4 heterocycles. The molecule has 0 spiro atoms. The summed E-state index contributed by atoms with van der Waals surface area (Å²) in [5.41, 5.74) is 2.06. The van der Waals surface area contributed by atoms with Crippen LogP contribution in [0.25, 0.3) is 11.0 Å². The quantitative estimate of drug-likeness (QED) is 0.220. The number of aliphatic hydroxyl groups excluding tert-OH is 1. The average molecular weight is 629 g/mol. The maximum absolute atomic E-state index is 11.8. The van der Waals surface area contributed by atoms with E-state index in [0.29, 0.717) is 44.8 Å². The van der Waals surface area contributed by atoms with E-state index in [4.69, 9.17) is 53.4 Å². The van der Waals surface area contributed by atoms with Crippen LogP contribution in [0.5, 0.6) is 0 Å². The van der Waals surface area contributed by atoms with Gasteiger partial charge in [-0.25, -0.2) is 9.97 Å². The summed E-state index contributed by atoms with van der Waals surface area (Å²) >= 11 is 19.2. The van der Waals surface area contributed by atoms with Crippen molar-refractivity contribution in [2.24, 2.45) is 0 Å². The van der Waals surface area contributed by atoms with Crippen molar-refractivity contribution >= 4 is 54.2 Å². The number of ether oxygens (including phenoxy) is 3. The van der Waals surface area contributed by atoms with Gasteiger partial charge in [0.1, 0.15) is 41.5 Å². The Balaban J connectivity index is 1.46. The van der Waals surface area contributed by atoms with Crippen molar-refractivity contribution in [3.05, 3.63) is 57.0 Å². The van der Waals surface area contributed by atoms with Gasteiger partial charge in [0.2, 0.25) is 0 Å². The van der Waals surface area contributed by atoms with E-state index in [1.165, 1.54) is 6.33 Å². The van der Waals surface area contributed by atoms with Crippen LogP contribution in [0.4, 0.5) is 0 Å². The first-order valence-electron chi connectivity index (χ1n) is 13.4. The molecule has 5 rings (SSSR count). The predicted octanol–water partition coefficient (Wildman–Crippen LogP) is 7.11. The molecule has 1 aromatic carbocycles. The number of halogens is 3. The van der Waals surface area contributed by atoms with E-state index in [0.717, 1.165) is 5.56 Å². The summed E-state index contributed by atoms with van der Waals surface area (Å²) in [6.45, 7) is 15.2. The summed E-state index contributed by atoms with van der Waals surface area (Å²) in [4.78, 5) is 8.49. The third-order valence-corrected chi connectivity index (χ3v) is 13.8. The Morgan fingerprint density at radius 3 is 2.48 bits per heavy atom. The fourth-order valence-corrected chi connectivity index (χ4v) is 6.73. The monoisotopic (exact) mass is 627 g/mol. The molecule has 40 heavy (non-hydrogen) atoms. The zero-order valence-corrected chi connectivity index (χ0v) is 27.0. The molecule has 3 aromatic rings. The lowest BCUT2D eigenvalue weighted by molar-refractivity contribution is -0.207. The van der Waals surface area contributed by atoms with E-state index in [1.54, 1.807) is 12.1 Å². The van der Waals surface area contributed by atoms with Crippen molar-refractivity contribution < 1.29 is 23.7 Å². The lowest BCUT2D eigenvalue weighted by Gasteiger charge is -2.36. The first kappa shape index (κ1) is 30.2. The molecule has 0 amide bonds. The lowest BCUT2D eigenvalue weighted by atomic mass is 9.94. The number of fused-ring (bicyclic) bond motifs is 2. The molecule has 5 atom stereocenters. The molecule has 2 saturated heterocycles. The molecule has 1 unspecified atom stereocenters. The number of nitrogens with zero attached hydrogens (tertiary/aromatic N) is 3. The normalized spacial score (nSPS) is 25.5. The van der Waals surface area contributed by atoms with Crippen molar-refractivity contribution in [2.75, 3.05) is 6.61 Å². The van der Waals surface area contributed by atoms with Crippen LogP contribution in [0, 0.1) is 0 Å². The summed E-state index contributed by atoms with van der Waals surface area (Å²) < 4.78 is 27.4. The van der Waals surface area contributed by atoms with Crippen molar-refractivity contribution in [3.8, 4) is 0 Å². The van der Waals surface area contributed by atoms with E-state index in [-0.39, 0.29) is 5.04 Å². The Bertz CT molecular complexity index is 1410. The number of aliphatic hydroxyl groups is 1. The van der Waals surface area contributed by atoms with Crippen LogP contribution in [-0.4, -0.2) is 58.7 Å². The van der Waals surface area contributed by atoms with Gasteiger partial charge in [0.15, 0.2) is 20.3 Å². The van der Waals surface area contributed by atoms with E-state index in [9.17, 15) is 5.11 Å².